The molecule has 12 N–H and O–H groups in total. The van der Waals surface area contributed by atoms with Crippen molar-refractivity contribution in [3.63, 3.8) is 0 Å². The average molecular weight is 627 g/mol. The molecule has 0 aliphatic carbocycles. The van der Waals surface area contributed by atoms with Crippen LogP contribution in [0, 0.1) is 0 Å². The van der Waals surface area contributed by atoms with Crippen LogP contribution in [-0.2, 0) is 33.6 Å². The van der Waals surface area contributed by atoms with E-state index in [0.29, 0.717) is 25.7 Å². The first-order valence-corrected chi connectivity index (χ1v) is 14.2. The Morgan fingerprint density at radius 3 is 1.84 bits per heavy atom. The number of hydrogen-bond acceptors (Lipinski definition) is 10. The molecule has 0 unspecified atom stereocenters. The smallest absolute Gasteiger partial charge is 0.326 e. The summed E-state index contributed by atoms with van der Waals surface area (Å²) in [6.07, 6.45) is 1.92. The Hall–Kier alpha value is -4.52. The Kier molecular flexibility index (Phi) is 14.2. The van der Waals surface area contributed by atoms with Crippen LogP contribution in [0.15, 0.2) is 4.99 Å². The largest absolute Gasteiger partial charge is 0.480 e. The molecule has 19 nitrogen and oxygen atoms in total. The summed E-state index contributed by atoms with van der Waals surface area (Å²) in [4.78, 5) is 93.0. The van der Waals surface area contributed by atoms with Crippen LogP contribution in [0.25, 0.3) is 0 Å². The number of guanidine groups is 1. The quantitative estimate of drug-likeness (QED) is 0.0440. The molecule has 4 atom stereocenters. The minimum atomic E-state index is -1.43. The first-order valence-electron chi connectivity index (χ1n) is 14.2. The van der Waals surface area contributed by atoms with Crippen LogP contribution < -0.4 is 38.5 Å². The number of carboxylic acid groups (broad SMARTS) is 1. The van der Waals surface area contributed by atoms with Crippen molar-refractivity contribution in [2.75, 3.05) is 45.9 Å². The van der Waals surface area contributed by atoms with Gasteiger partial charge < -0.3 is 58.5 Å². The van der Waals surface area contributed by atoms with E-state index < -0.39 is 78.7 Å². The number of aliphatic carboxylic acids is 1. The molecule has 2 aliphatic heterocycles. The number of rotatable bonds is 16. The molecule has 2 heterocycles. The van der Waals surface area contributed by atoms with Crippen molar-refractivity contribution < 1.29 is 43.8 Å². The maximum Gasteiger partial charge on any atom is 0.326 e. The van der Waals surface area contributed by atoms with Gasteiger partial charge in [-0.2, -0.15) is 0 Å². The van der Waals surface area contributed by atoms with Gasteiger partial charge in [-0.15, -0.1) is 0 Å². The summed E-state index contributed by atoms with van der Waals surface area (Å²) < 4.78 is 0. The van der Waals surface area contributed by atoms with E-state index in [4.69, 9.17) is 17.2 Å². The normalized spacial score (nSPS) is 19.0. The van der Waals surface area contributed by atoms with Crippen LogP contribution in [0.1, 0.15) is 38.5 Å². The van der Waals surface area contributed by atoms with Gasteiger partial charge in [0, 0.05) is 19.6 Å². The van der Waals surface area contributed by atoms with Gasteiger partial charge in [0.1, 0.15) is 24.2 Å². The maximum atomic E-state index is 12.9. The van der Waals surface area contributed by atoms with Crippen molar-refractivity contribution in [1.29, 1.82) is 0 Å². The third kappa shape index (κ3) is 10.6. The highest BCUT2D eigenvalue weighted by Crippen LogP contribution is 2.19. The van der Waals surface area contributed by atoms with Gasteiger partial charge >= 0.3 is 5.97 Å². The molecule has 2 fully saturated rings. The third-order valence-electron chi connectivity index (χ3n) is 7.16. The highest BCUT2D eigenvalue weighted by Gasteiger charge is 2.37. The molecule has 0 aromatic rings. The summed E-state index contributed by atoms with van der Waals surface area (Å²) in [5, 5.41) is 28.7. The molecule has 19 heteroatoms. The van der Waals surface area contributed by atoms with Crippen LogP contribution in [-0.4, -0.2) is 137 Å². The Labute approximate surface area is 253 Å². The van der Waals surface area contributed by atoms with E-state index >= 15 is 0 Å². The molecule has 6 amide bonds. The minimum absolute atomic E-state index is 0.0560. The minimum Gasteiger partial charge on any atom is -0.480 e. The van der Waals surface area contributed by atoms with Crippen LogP contribution in [0.4, 0.5) is 0 Å². The predicted octanol–water partition coefficient (Wildman–Crippen LogP) is -5.74. The molecule has 0 radical (unpaired) electrons. The highest BCUT2D eigenvalue weighted by molar-refractivity contribution is 5.95. The zero-order valence-corrected chi connectivity index (χ0v) is 24.3. The number of carboxylic acids is 1. The first-order chi connectivity index (χ1) is 20.9. The fourth-order valence-electron chi connectivity index (χ4n) is 4.90. The molecule has 2 aliphatic rings. The van der Waals surface area contributed by atoms with Crippen LogP contribution in [0.5, 0.6) is 0 Å². The van der Waals surface area contributed by atoms with Gasteiger partial charge in [0.15, 0.2) is 5.96 Å². The Bertz CT molecular complexity index is 1110. The van der Waals surface area contributed by atoms with Gasteiger partial charge in [0.2, 0.25) is 35.4 Å². The molecular weight excluding hydrogens is 584 g/mol. The maximum absolute atomic E-state index is 12.9. The van der Waals surface area contributed by atoms with E-state index in [0.717, 1.165) is 0 Å². The molecule has 0 aromatic carbocycles. The fourth-order valence-corrected chi connectivity index (χ4v) is 4.90. The number of likely N-dealkylation sites (tertiary alicyclic amines) is 2. The predicted molar refractivity (Wildman–Crippen MR) is 153 cm³/mol. The lowest BCUT2D eigenvalue weighted by Gasteiger charge is -2.27. The molecule has 246 valence electrons. The van der Waals surface area contributed by atoms with Gasteiger partial charge in [0.05, 0.1) is 26.2 Å². The number of nitrogens with zero attached hydrogens (tertiary/aromatic N) is 3. The summed E-state index contributed by atoms with van der Waals surface area (Å²) in [5.41, 5.74) is 15.7. The standard InChI is InChI=1S/C25H42N10O9/c26-10-18(37)30-11-19(38)34-8-3-6-17(34)23(42)33-15(13-36)21(40)31-12-20(39)35-9-2-5-16(35)22(41)32-14(24(43)44)4-1-7-29-25(27)28/h14-17,36H,1-13,26H2,(H,30,37)(H,31,40)(H,32,41)(H,33,42)(H,43,44)(H4,27,28,29)/t14-,15-,16-,17-/m0/s1. The number of aliphatic hydroxyl groups excluding tert-OH is 1. The third-order valence-corrected chi connectivity index (χ3v) is 7.16. The van der Waals surface area contributed by atoms with Crippen molar-refractivity contribution >= 4 is 47.4 Å². The zero-order valence-electron chi connectivity index (χ0n) is 24.3. The Balaban J connectivity index is 1.90. The van der Waals surface area contributed by atoms with E-state index in [1.807, 2.05) is 0 Å². The highest BCUT2D eigenvalue weighted by atomic mass is 16.4. The summed E-state index contributed by atoms with van der Waals surface area (Å²) in [6.45, 7) is -1.36. The number of hydrogen-bond donors (Lipinski definition) is 9. The van der Waals surface area contributed by atoms with E-state index in [9.17, 15) is 43.8 Å². The summed E-state index contributed by atoms with van der Waals surface area (Å²) in [5.74, 6) is -5.28. The number of carbonyl (C=O) groups excluding carboxylic acids is 6. The molecule has 44 heavy (non-hydrogen) atoms. The van der Waals surface area contributed by atoms with Gasteiger partial charge in [0.25, 0.3) is 0 Å². The molecule has 0 spiro atoms. The SMILES string of the molecule is NCC(=O)NCC(=O)N1CCC[C@H]1C(=O)N[C@@H](CO)C(=O)NCC(=O)N1CCC[C@H]1C(=O)N[C@@H](CCCN=C(N)N)C(=O)O. The van der Waals surface area contributed by atoms with Gasteiger partial charge in [-0.05, 0) is 38.5 Å². The van der Waals surface area contributed by atoms with E-state index in [1.54, 1.807) is 0 Å². The summed E-state index contributed by atoms with van der Waals surface area (Å²) in [6, 6.07) is -4.53. The number of aliphatic hydroxyl groups is 1. The molecular formula is C25H42N10O9. The molecule has 0 aromatic heterocycles. The Morgan fingerprint density at radius 1 is 0.841 bits per heavy atom. The van der Waals surface area contributed by atoms with Crippen molar-refractivity contribution in [2.24, 2.45) is 22.2 Å². The average Bonchev–Trinajstić information content (AvgIpc) is 3.69. The molecule has 2 rings (SSSR count). The first kappa shape index (κ1) is 35.7. The molecule has 0 saturated carbocycles. The number of nitrogens with two attached hydrogens (primary N) is 3. The van der Waals surface area contributed by atoms with Crippen LogP contribution in [0.2, 0.25) is 0 Å². The number of aliphatic imine (C=N–C) groups is 1. The number of nitrogens with one attached hydrogen (secondary N) is 4. The van der Waals surface area contributed by atoms with Crippen LogP contribution in [0.3, 0.4) is 0 Å². The van der Waals surface area contributed by atoms with Gasteiger partial charge in [-0.1, -0.05) is 0 Å². The lowest BCUT2D eigenvalue weighted by molar-refractivity contribution is -0.144. The summed E-state index contributed by atoms with van der Waals surface area (Å²) in [7, 11) is 0. The zero-order chi connectivity index (χ0) is 32.8. The lowest BCUT2D eigenvalue weighted by Crippen LogP contribution is -2.56. The summed E-state index contributed by atoms with van der Waals surface area (Å²) >= 11 is 0. The van der Waals surface area contributed by atoms with Gasteiger partial charge in [-0.25, -0.2) is 4.79 Å². The van der Waals surface area contributed by atoms with E-state index in [-0.39, 0.29) is 51.5 Å². The van der Waals surface area contributed by atoms with Gasteiger partial charge in [-0.3, -0.25) is 33.8 Å². The van der Waals surface area contributed by atoms with Crippen molar-refractivity contribution in [3.8, 4) is 0 Å². The monoisotopic (exact) mass is 626 g/mol. The van der Waals surface area contributed by atoms with E-state index in [2.05, 4.69) is 26.3 Å². The topological polar surface area (TPSA) is 305 Å². The van der Waals surface area contributed by atoms with Crippen molar-refractivity contribution in [1.82, 2.24) is 31.1 Å². The lowest BCUT2D eigenvalue weighted by atomic mass is 10.1. The van der Waals surface area contributed by atoms with Crippen molar-refractivity contribution in [3.05, 3.63) is 0 Å². The molecule has 2 saturated heterocycles. The van der Waals surface area contributed by atoms with E-state index in [1.165, 1.54) is 9.80 Å². The fraction of sp³-hybridized carbons (Fsp3) is 0.680. The van der Waals surface area contributed by atoms with Crippen LogP contribution >= 0.6 is 0 Å². The number of amides is 6. The second-order valence-corrected chi connectivity index (χ2v) is 10.3. The number of carbonyl (C=O) groups is 7. The van der Waals surface area contributed by atoms with Crippen molar-refractivity contribution in [2.45, 2.75) is 62.7 Å². The second kappa shape index (κ2) is 17.6. The Morgan fingerprint density at radius 2 is 1.36 bits per heavy atom. The molecule has 0 bridgehead atoms. The second-order valence-electron chi connectivity index (χ2n) is 10.3.